The predicted octanol–water partition coefficient (Wildman–Crippen LogP) is 1.08. The number of pyridine rings is 1. The highest BCUT2D eigenvalue weighted by Gasteiger charge is 1.97. The maximum atomic E-state index is 5.38. The molecule has 0 unspecified atom stereocenters. The lowest BCUT2D eigenvalue weighted by molar-refractivity contribution is 0.149. The smallest absolute Gasteiger partial charge is 0.213 e. The number of nitrogens with zero attached hydrogens (tertiary/aromatic N) is 2. The fraction of sp³-hybridized carbons (Fsp3) is 0.400. The molecule has 1 heterocycles. The summed E-state index contributed by atoms with van der Waals surface area (Å²) in [5.41, 5.74) is 6.94. The van der Waals surface area contributed by atoms with E-state index in [1.807, 2.05) is 19.1 Å². The van der Waals surface area contributed by atoms with E-state index in [4.69, 9.17) is 10.5 Å². The minimum atomic E-state index is 0.0695. The van der Waals surface area contributed by atoms with E-state index < -0.39 is 0 Å². The summed E-state index contributed by atoms with van der Waals surface area (Å²) >= 11 is 0. The van der Waals surface area contributed by atoms with Crippen molar-refractivity contribution < 1.29 is 9.57 Å². The first-order valence-corrected chi connectivity index (χ1v) is 4.63. The van der Waals surface area contributed by atoms with Gasteiger partial charge >= 0.3 is 0 Å². The Morgan fingerprint density at radius 2 is 2.40 bits per heavy atom. The normalized spacial score (nSPS) is 11.3. The van der Waals surface area contributed by atoms with Gasteiger partial charge in [0.25, 0.3) is 0 Å². The van der Waals surface area contributed by atoms with Crippen LogP contribution < -0.4 is 10.5 Å². The third kappa shape index (κ3) is 4.42. The molecule has 0 bridgehead atoms. The number of ether oxygens (including phenoxy) is 1. The Hall–Kier alpha value is -1.62. The van der Waals surface area contributed by atoms with Crippen LogP contribution in [0.25, 0.3) is 0 Å². The lowest BCUT2D eigenvalue weighted by Crippen LogP contribution is -2.10. The molecule has 0 spiro atoms. The van der Waals surface area contributed by atoms with Crippen LogP contribution in [0.5, 0.6) is 5.88 Å². The molecule has 1 aromatic rings. The molecule has 0 atom stereocenters. The summed E-state index contributed by atoms with van der Waals surface area (Å²) in [4.78, 5) is 8.72. The van der Waals surface area contributed by atoms with E-state index in [0.717, 1.165) is 5.56 Å². The van der Waals surface area contributed by atoms with Crippen LogP contribution in [0.3, 0.4) is 0 Å². The second kappa shape index (κ2) is 5.98. The number of hydrogen-bond acceptors (Lipinski definition) is 5. The summed E-state index contributed by atoms with van der Waals surface area (Å²) in [6, 6.07) is 3.77. The van der Waals surface area contributed by atoms with Crippen LogP contribution in [0.4, 0.5) is 0 Å². The van der Waals surface area contributed by atoms with Gasteiger partial charge in [-0.1, -0.05) is 5.16 Å². The average Bonchev–Trinajstić information content (AvgIpc) is 2.23. The summed E-state index contributed by atoms with van der Waals surface area (Å²) in [7, 11) is 0. The van der Waals surface area contributed by atoms with Gasteiger partial charge in [0.05, 0.1) is 5.71 Å². The van der Waals surface area contributed by atoms with E-state index in [-0.39, 0.29) is 6.73 Å². The molecule has 5 nitrogen and oxygen atoms in total. The third-order valence-electron chi connectivity index (χ3n) is 1.61. The van der Waals surface area contributed by atoms with Crippen molar-refractivity contribution in [3.63, 3.8) is 0 Å². The molecule has 1 rings (SSSR count). The Kier molecular flexibility index (Phi) is 4.56. The van der Waals surface area contributed by atoms with E-state index in [9.17, 15) is 0 Å². The van der Waals surface area contributed by atoms with E-state index in [2.05, 4.69) is 15.0 Å². The van der Waals surface area contributed by atoms with E-state index in [0.29, 0.717) is 18.2 Å². The van der Waals surface area contributed by atoms with Gasteiger partial charge in [-0.25, -0.2) is 4.98 Å². The molecule has 0 saturated carbocycles. The molecule has 0 aliphatic carbocycles. The second-order valence-corrected chi connectivity index (χ2v) is 3.08. The SMILES string of the molecule is C/C(COc1cc(C)ccn1)=N\OCN. The molecule has 0 saturated heterocycles. The van der Waals surface area contributed by atoms with Crippen molar-refractivity contribution in [2.75, 3.05) is 13.3 Å². The van der Waals surface area contributed by atoms with Gasteiger partial charge < -0.3 is 9.57 Å². The first-order chi connectivity index (χ1) is 7.22. The molecule has 5 heteroatoms. The molecule has 0 aliphatic heterocycles. The quantitative estimate of drug-likeness (QED) is 0.447. The van der Waals surface area contributed by atoms with Crippen molar-refractivity contribution in [3.8, 4) is 5.88 Å². The number of oxime groups is 1. The lowest BCUT2D eigenvalue weighted by Gasteiger charge is -2.04. The van der Waals surface area contributed by atoms with Crippen molar-refractivity contribution in [2.24, 2.45) is 10.9 Å². The van der Waals surface area contributed by atoms with Crippen molar-refractivity contribution in [2.45, 2.75) is 13.8 Å². The van der Waals surface area contributed by atoms with Gasteiger partial charge in [-0.15, -0.1) is 0 Å². The molecule has 0 aromatic carbocycles. The van der Waals surface area contributed by atoms with Crippen molar-refractivity contribution >= 4 is 5.71 Å². The number of hydrogen-bond donors (Lipinski definition) is 1. The summed E-state index contributed by atoms with van der Waals surface area (Å²) in [5, 5.41) is 3.72. The number of aryl methyl sites for hydroxylation is 1. The highest BCUT2D eigenvalue weighted by Crippen LogP contribution is 2.07. The fourth-order valence-electron chi connectivity index (χ4n) is 0.940. The number of nitrogens with two attached hydrogens (primary N) is 1. The van der Waals surface area contributed by atoms with Crippen LogP contribution in [-0.2, 0) is 4.84 Å². The Morgan fingerprint density at radius 1 is 1.60 bits per heavy atom. The maximum absolute atomic E-state index is 5.38. The van der Waals surface area contributed by atoms with Gasteiger partial charge in [-0.3, -0.25) is 5.73 Å². The largest absolute Gasteiger partial charge is 0.471 e. The summed E-state index contributed by atoms with van der Waals surface area (Å²) < 4.78 is 5.38. The van der Waals surface area contributed by atoms with E-state index >= 15 is 0 Å². The van der Waals surface area contributed by atoms with Gasteiger partial charge in [0.2, 0.25) is 5.88 Å². The average molecular weight is 209 g/mol. The Morgan fingerprint density at radius 3 is 3.07 bits per heavy atom. The predicted molar refractivity (Wildman–Crippen MR) is 57.7 cm³/mol. The zero-order valence-corrected chi connectivity index (χ0v) is 8.93. The highest BCUT2D eigenvalue weighted by molar-refractivity contribution is 5.82. The topological polar surface area (TPSA) is 69.7 Å². The summed E-state index contributed by atoms with van der Waals surface area (Å²) in [5.74, 6) is 0.581. The molecular weight excluding hydrogens is 194 g/mol. The van der Waals surface area contributed by atoms with Crippen LogP contribution in [-0.4, -0.2) is 24.0 Å². The van der Waals surface area contributed by atoms with Gasteiger partial charge in [0, 0.05) is 12.3 Å². The van der Waals surface area contributed by atoms with Crippen molar-refractivity contribution in [3.05, 3.63) is 23.9 Å². The first kappa shape index (κ1) is 11.5. The van der Waals surface area contributed by atoms with Gasteiger partial charge in [-0.2, -0.15) is 0 Å². The Labute approximate surface area is 88.9 Å². The zero-order chi connectivity index (χ0) is 11.1. The molecule has 2 N–H and O–H groups in total. The van der Waals surface area contributed by atoms with Crippen LogP contribution in [0.1, 0.15) is 12.5 Å². The Bertz CT molecular complexity index is 339. The minimum absolute atomic E-state index is 0.0695. The Balaban J connectivity index is 2.43. The lowest BCUT2D eigenvalue weighted by atomic mass is 10.3. The van der Waals surface area contributed by atoms with Crippen molar-refractivity contribution in [1.29, 1.82) is 0 Å². The molecule has 0 aliphatic rings. The van der Waals surface area contributed by atoms with Crippen LogP contribution in [0.2, 0.25) is 0 Å². The summed E-state index contributed by atoms with van der Waals surface area (Å²) in [6.07, 6.45) is 1.70. The maximum Gasteiger partial charge on any atom is 0.213 e. The molecule has 15 heavy (non-hydrogen) atoms. The highest BCUT2D eigenvalue weighted by atomic mass is 16.6. The van der Waals surface area contributed by atoms with Crippen molar-refractivity contribution in [1.82, 2.24) is 4.98 Å². The molecule has 1 aromatic heterocycles. The minimum Gasteiger partial charge on any atom is -0.471 e. The van der Waals surface area contributed by atoms with Crippen LogP contribution >= 0.6 is 0 Å². The fourth-order valence-corrected chi connectivity index (χ4v) is 0.940. The standard InChI is InChI=1S/C10H15N3O2/c1-8-3-4-12-10(5-8)14-6-9(2)13-15-7-11/h3-5H,6-7,11H2,1-2H3/b13-9+. The zero-order valence-electron chi connectivity index (χ0n) is 8.93. The third-order valence-corrected chi connectivity index (χ3v) is 1.61. The van der Waals surface area contributed by atoms with Gasteiger partial charge in [0.15, 0.2) is 6.73 Å². The molecule has 0 radical (unpaired) electrons. The molecular formula is C10H15N3O2. The van der Waals surface area contributed by atoms with Crippen LogP contribution in [0, 0.1) is 6.92 Å². The molecule has 82 valence electrons. The summed E-state index contributed by atoms with van der Waals surface area (Å²) in [6.45, 7) is 4.19. The van der Waals surface area contributed by atoms with Gasteiger partial charge in [-0.05, 0) is 25.5 Å². The van der Waals surface area contributed by atoms with Crippen LogP contribution in [0.15, 0.2) is 23.5 Å². The van der Waals surface area contributed by atoms with E-state index in [1.54, 1.807) is 13.1 Å². The monoisotopic (exact) mass is 209 g/mol. The van der Waals surface area contributed by atoms with Gasteiger partial charge in [0.1, 0.15) is 6.61 Å². The number of rotatable bonds is 5. The second-order valence-electron chi connectivity index (χ2n) is 3.08. The first-order valence-electron chi connectivity index (χ1n) is 4.63. The molecule has 0 amide bonds. The van der Waals surface area contributed by atoms with E-state index in [1.165, 1.54) is 0 Å². The number of aromatic nitrogens is 1. The molecule has 0 fully saturated rings.